The molecule has 134 valence electrons. The molecule has 5 nitrogen and oxygen atoms in total. The van der Waals surface area contributed by atoms with E-state index in [4.69, 9.17) is 5.11 Å². The van der Waals surface area contributed by atoms with Gasteiger partial charge < -0.3 is 15.0 Å². The molecule has 1 aliphatic carbocycles. The highest BCUT2D eigenvalue weighted by atomic mass is 16.3. The average Bonchev–Trinajstić information content (AvgIpc) is 2.71. The van der Waals surface area contributed by atoms with Crippen LogP contribution in [-0.2, 0) is 24.2 Å². The quantitative estimate of drug-likeness (QED) is 0.839. The predicted molar refractivity (Wildman–Crippen MR) is 94.3 cm³/mol. The van der Waals surface area contributed by atoms with Gasteiger partial charge in [-0.1, -0.05) is 20.8 Å². The molecule has 1 unspecified atom stereocenters. The summed E-state index contributed by atoms with van der Waals surface area (Å²) >= 11 is 0. The summed E-state index contributed by atoms with van der Waals surface area (Å²) in [4.78, 5) is 25.0. The minimum absolute atomic E-state index is 0.0364. The van der Waals surface area contributed by atoms with Gasteiger partial charge in [0.05, 0.1) is 13.0 Å². The van der Waals surface area contributed by atoms with Crippen molar-refractivity contribution in [1.82, 2.24) is 9.88 Å². The highest BCUT2D eigenvalue weighted by molar-refractivity contribution is 6.01. The smallest absolute Gasteiger partial charge is 0.224 e. The van der Waals surface area contributed by atoms with E-state index in [-0.39, 0.29) is 36.2 Å². The lowest BCUT2D eigenvalue weighted by molar-refractivity contribution is -0.121. The highest BCUT2D eigenvalue weighted by Crippen LogP contribution is 2.38. The number of fused-ring (bicyclic) bond motifs is 1. The van der Waals surface area contributed by atoms with Crippen LogP contribution in [0, 0.1) is 12.3 Å². The van der Waals surface area contributed by atoms with Gasteiger partial charge in [-0.05, 0) is 37.7 Å². The van der Waals surface area contributed by atoms with Gasteiger partial charge in [0, 0.05) is 36.0 Å². The number of nitrogens with one attached hydrogen (secondary N) is 1. The Morgan fingerprint density at radius 2 is 2.04 bits per heavy atom. The second-order valence-corrected chi connectivity index (χ2v) is 7.81. The first kappa shape index (κ1) is 18.7. The van der Waals surface area contributed by atoms with Crippen molar-refractivity contribution in [2.24, 2.45) is 5.41 Å². The lowest BCUT2D eigenvalue weighted by atomic mass is 9.75. The predicted octanol–water partition coefficient (Wildman–Crippen LogP) is 2.40. The van der Waals surface area contributed by atoms with Crippen molar-refractivity contribution in [1.29, 1.82) is 0 Å². The van der Waals surface area contributed by atoms with E-state index in [9.17, 15) is 9.59 Å². The van der Waals surface area contributed by atoms with Gasteiger partial charge in [-0.25, -0.2) is 0 Å². The Kier molecular flexibility index (Phi) is 5.53. The maximum atomic E-state index is 12.8. The first-order valence-electron chi connectivity index (χ1n) is 8.84. The van der Waals surface area contributed by atoms with Crippen LogP contribution >= 0.6 is 0 Å². The molecule has 1 atom stereocenters. The molecule has 5 heteroatoms. The second-order valence-electron chi connectivity index (χ2n) is 7.81. The molecular formula is C19H30N2O3. The molecule has 0 spiro atoms. The molecule has 0 aliphatic heterocycles. The minimum atomic E-state index is -0.277. The zero-order chi connectivity index (χ0) is 18.1. The van der Waals surface area contributed by atoms with Crippen LogP contribution in [-0.4, -0.2) is 34.0 Å². The van der Waals surface area contributed by atoms with E-state index in [0.29, 0.717) is 6.42 Å². The standard InChI is InChI=1S/C19H30N2O3/c1-6-7-21-13(3)14(8-17(24)20-12(2)11-22)18-15(21)9-19(4,5)10-16(18)23/h12,22H,6-11H2,1-5H3,(H,20,24). The van der Waals surface area contributed by atoms with E-state index in [1.54, 1.807) is 6.92 Å². The molecular weight excluding hydrogens is 304 g/mol. The van der Waals surface area contributed by atoms with Gasteiger partial charge in [0.15, 0.2) is 5.78 Å². The lowest BCUT2D eigenvalue weighted by Gasteiger charge is -2.30. The molecule has 24 heavy (non-hydrogen) atoms. The van der Waals surface area contributed by atoms with Gasteiger partial charge in [-0.15, -0.1) is 0 Å². The van der Waals surface area contributed by atoms with Crippen molar-refractivity contribution in [3.8, 4) is 0 Å². The number of ketones is 1. The molecule has 0 aromatic carbocycles. The maximum Gasteiger partial charge on any atom is 0.224 e. The Labute approximate surface area is 144 Å². The van der Waals surface area contributed by atoms with Gasteiger partial charge in [0.2, 0.25) is 5.91 Å². The van der Waals surface area contributed by atoms with Crippen LogP contribution in [0.15, 0.2) is 0 Å². The zero-order valence-corrected chi connectivity index (χ0v) is 15.5. The Hall–Kier alpha value is -1.62. The molecule has 0 saturated heterocycles. The summed E-state index contributed by atoms with van der Waals surface area (Å²) in [5, 5.41) is 11.9. The third kappa shape index (κ3) is 3.72. The molecule has 0 bridgehead atoms. The number of amides is 1. The van der Waals surface area contributed by atoms with E-state index in [1.165, 1.54) is 0 Å². The first-order chi connectivity index (χ1) is 11.2. The molecule has 2 N–H and O–H groups in total. The maximum absolute atomic E-state index is 12.8. The number of hydrogen-bond acceptors (Lipinski definition) is 3. The third-order valence-corrected chi connectivity index (χ3v) is 4.79. The van der Waals surface area contributed by atoms with Gasteiger partial charge >= 0.3 is 0 Å². The van der Waals surface area contributed by atoms with Crippen LogP contribution in [0.3, 0.4) is 0 Å². The molecule has 1 amide bonds. The van der Waals surface area contributed by atoms with Crippen LogP contribution in [0.4, 0.5) is 0 Å². The topological polar surface area (TPSA) is 71.3 Å². The summed E-state index contributed by atoms with van der Waals surface area (Å²) in [7, 11) is 0. The number of aliphatic hydroxyl groups excluding tert-OH is 1. The molecule has 1 aromatic heterocycles. The Morgan fingerprint density at radius 1 is 1.38 bits per heavy atom. The fraction of sp³-hybridized carbons (Fsp3) is 0.684. The van der Waals surface area contributed by atoms with Crippen LogP contribution in [0.2, 0.25) is 0 Å². The molecule has 2 rings (SSSR count). The number of aromatic nitrogens is 1. The summed E-state index contributed by atoms with van der Waals surface area (Å²) in [6, 6.07) is -0.277. The SMILES string of the molecule is CCCn1c(C)c(CC(=O)NC(C)CO)c2c1CC(C)(C)CC2=O. The number of carbonyl (C=O) groups excluding carboxylic acids is 2. The minimum Gasteiger partial charge on any atom is -0.394 e. The van der Waals surface area contributed by atoms with Crippen molar-refractivity contribution < 1.29 is 14.7 Å². The van der Waals surface area contributed by atoms with Crippen molar-refractivity contribution in [2.45, 2.75) is 72.9 Å². The van der Waals surface area contributed by atoms with Crippen molar-refractivity contribution in [2.75, 3.05) is 6.61 Å². The van der Waals surface area contributed by atoms with Crippen molar-refractivity contribution in [3.05, 3.63) is 22.5 Å². The van der Waals surface area contributed by atoms with E-state index in [2.05, 4.69) is 30.7 Å². The van der Waals surface area contributed by atoms with Crippen LogP contribution in [0.25, 0.3) is 0 Å². The molecule has 1 aromatic rings. The zero-order valence-electron chi connectivity index (χ0n) is 15.5. The van der Waals surface area contributed by atoms with Crippen LogP contribution < -0.4 is 5.32 Å². The summed E-state index contributed by atoms with van der Waals surface area (Å²) < 4.78 is 2.23. The molecule has 1 heterocycles. The molecule has 0 saturated carbocycles. The number of hydrogen-bond donors (Lipinski definition) is 2. The number of rotatable bonds is 6. The number of nitrogens with zero attached hydrogens (tertiary/aromatic N) is 1. The van der Waals surface area contributed by atoms with Crippen LogP contribution in [0.5, 0.6) is 0 Å². The van der Waals surface area contributed by atoms with Crippen LogP contribution in [0.1, 0.15) is 67.8 Å². The van der Waals surface area contributed by atoms with Gasteiger partial charge in [0.25, 0.3) is 0 Å². The summed E-state index contributed by atoms with van der Waals surface area (Å²) in [6.45, 7) is 10.9. The normalized spacial score (nSPS) is 17.5. The summed E-state index contributed by atoms with van der Waals surface area (Å²) in [6.07, 6.45) is 2.58. The third-order valence-electron chi connectivity index (χ3n) is 4.79. The number of Topliss-reactive ketones (excluding diaryl/α,β-unsaturated/α-hetero) is 1. The lowest BCUT2D eigenvalue weighted by Crippen LogP contribution is -2.36. The highest BCUT2D eigenvalue weighted by Gasteiger charge is 2.36. The molecule has 0 radical (unpaired) electrons. The van der Waals surface area contributed by atoms with E-state index in [1.807, 2.05) is 6.92 Å². The summed E-state index contributed by atoms with van der Waals surface area (Å²) in [5.74, 6) is 0.00550. The van der Waals surface area contributed by atoms with Crippen molar-refractivity contribution >= 4 is 11.7 Å². The second kappa shape index (κ2) is 7.09. The summed E-state index contributed by atoms with van der Waals surface area (Å²) in [5.41, 5.74) is 3.72. The number of carbonyl (C=O) groups is 2. The Balaban J connectivity index is 2.42. The average molecular weight is 334 g/mol. The molecule has 1 aliphatic rings. The fourth-order valence-electron chi connectivity index (χ4n) is 3.68. The Bertz CT molecular complexity index is 644. The number of aliphatic hydroxyl groups is 1. The Morgan fingerprint density at radius 3 is 2.62 bits per heavy atom. The van der Waals surface area contributed by atoms with Crippen molar-refractivity contribution in [3.63, 3.8) is 0 Å². The molecule has 0 fully saturated rings. The van der Waals surface area contributed by atoms with Gasteiger partial charge in [0.1, 0.15) is 0 Å². The van der Waals surface area contributed by atoms with E-state index in [0.717, 1.165) is 41.9 Å². The monoisotopic (exact) mass is 334 g/mol. The van der Waals surface area contributed by atoms with E-state index < -0.39 is 0 Å². The first-order valence-corrected chi connectivity index (χ1v) is 8.84. The van der Waals surface area contributed by atoms with Gasteiger partial charge in [-0.3, -0.25) is 9.59 Å². The fourth-order valence-corrected chi connectivity index (χ4v) is 3.68. The largest absolute Gasteiger partial charge is 0.394 e. The van der Waals surface area contributed by atoms with E-state index >= 15 is 0 Å². The van der Waals surface area contributed by atoms with Gasteiger partial charge in [-0.2, -0.15) is 0 Å².